The first-order valence-corrected chi connectivity index (χ1v) is 7.05. The molecular formula is C11H10N4OS2. The van der Waals surface area contributed by atoms with Gasteiger partial charge in [0.2, 0.25) is 10.9 Å². The van der Waals surface area contributed by atoms with E-state index in [2.05, 4.69) is 10.2 Å². The van der Waals surface area contributed by atoms with Crippen molar-refractivity contribution in [2.75, 3.05) is 0 Å². The van der Waals surface area contributed by atoms with Crippen LogP contribution in [0.1, 0.15) is 6.92 Å². The van der Waals surface area contributed by atoms with Crippen LogP contribution in [0.3, 0.4) is 0 Å². The Morgan fingerprint density at radius 1 is 1.44 bits per heavy atom. The van der Waals surface area contributed by atoms with Crippen molar-refractivity contribution in [3.8, 4) is 0 Å². The number of amides is 1. The molecule has 0 aliphatic carbocycles. The molecular weight excluding hydrogens is 268 g/mol. The minimum Gasteiger partial charge on any atom is -0.369 e. The fourth-order valence-electron chi connectivity index (χ4n) is 1.65. The van der Waals surface area contributed by atoms with E-state index >= 15 is 0 Å². The van der Waals surface area contributed by atoms with Crippen LogP contribution >= 0.6 is 23.1 Å². The first-order chi connectivity index (χ1) is 8.66. The van der Waals surface area contributed by atoms with Gasteiger partial charge in [-0.2, -0.15) is 0 Å². The summed E-state index contributed by atoms with van der Waals surface area (Å²) >= 11 is 2.91. The lowest BCUT2D eigenvalue weighted by atomic mass is 10.3. The van der Waals surface area contributed by atoms with Crippen LogP contribution in [-0.4, -0.2) is 25.8 Å². The summed E-state index contributed by atoms with van der Waals surface area (Å²) < 4.78 is 3.11. The highest BCUT2D eigenvalue weighted by atomic mass is 32.2. The maximum atomic E-state index is 11.1. The fourth-order valence-corrected chi connectivity index (χ4v) is 3.48. The molecule has 2 heterocycles. The van der Waals surface area contributed by atoms with Crippen LogP contribution in [0.2, 0.25) is 0 Å². The van der Waals surface area contributed by atoms with Crippen LogP contribution < -0.4 is 5.73 Å². The molecule has 7 heteroatoms. The summed E-state index contributed by atoms with van der Waals surface area (Å²) in [5.74, 6) is -0.351. The summed E-state index contributed by atoms with van der Waals surface area (Å²) in [5, 5.41) is 8.61. The number of rotatable bonds is 3. The average Bonchev–Trinajstić information content (AvgIpc) is 2.89. The third-order valence-electron chi connectivity index (χ3n) is 2.59. The van der Waals surface area contributed by atoms with Gasteiger partial charge in [0, 0.05) is 0 Å². The second-order valence-electron chi connectivity index (χ2n) is 3.83. The quantitative estimate of drug-likeness (QED) is 0.743. The standard InChI is InChI=1S/C11H10N4OS2/c1-6(9(12)16)17-10-13-14-11-15(10)7-4-2-3-5-8(7)18-11/h2-6H,1H3,(H2,12,16). The molecule has 5 nitrogen and oxygen atoms in total. The first kappa shape index (κ1) is 11.5. The number of para-hydroxylation sites is 1. The molecule has 18 heavy (non-hydrogen) atoms. The smallest absolute Gasteiger partial charge is 0.230 e. The number of thiazole rings is 1. The van der Waals surface area contributed by atoms with Gasteiger partial charge < -0.3 is 5.73 Å². The maximum absolute atomic E-state index is 11.1. The Morgan fingerprint density at radius 2 is 2.22 bits per heavy atom. The van der Waals surface area contributed by atoms with E-state index in [-0.39, 0.29) is 11.2 Å². The lowest BCUT2D eigenvalue weighted by Gasteiger charge is -2.04. The van der Waals surface area contributed by atoms with Gasteiger partial charge in [0.25, 0.3) is 0 Å². The SMILES string of the molecule is CC(Sc1nnc2sc3ccccc3n12)C(N)=O. The highest BCUT2D eigenvalue weighted by Gasteiger charge is 2.17. The van der Waals surface area contributed by atoms with Crippen molar-refractivity contribution in [3.63, 3.8) is 0 Å². The first-order valence-electron chi connectivity index (χ1n) is 5.35. The number of thioether (sulfide) groups is 1. The molecule has 0 bridgehead atoms. The molecule has 92 valence electrons. The van der Waals surface area contributed by atoms with Crippen LogP contribution in [0.25, 0.3) is 15.2 Å². The van der Waals surface area contributed by atoms with Crippen LogP contribution in [0.4, 0.5) is 0 Å². The van der Waals surface area contributed by atoms with Gasteiger partial charge in [0.05, 0.1) is 15.5 Å². The molecule has 0 spiro atoms. The third kappa shape index (κ3) is 1.75. The number of primary amides is 1. The predicted molar refractivity (Wildman–Crippen MR) is 72.9 cm³/mol. The minimum atomic E-state index is -0.351. The second-order valence-corrected chi connectivity index (χ2v) is 6.15. The van der Waals surface area contributed by atoms with E-state index in [0.717, 1.165) is 15.2 Å². The van der Waals surface area contributed by atoms with E-state index in [1.807, 2.05) is 28.7 Å². The number of hydrogen-bond donors (Lipinski definition) is 1. The van der Waals surface area contributed by atoms with Crippen molar-refractivity contribution >= 4 is 44.2 Å². The number of carbonyl (C=O) groups excluding carboxylic acids is 1. The highest BCUT2D eigenvalue weighted by molar-refractivity contribution is 8.00. The van der Waals surface area contributed by atoms with Crippen molar-refractivity contribution < 1.29 is 4.79 Å². The molecule has 0 saturated heterocycles. The molecule has 0 saturated carbocycles. The molecule has 2 aromatic heterocycles. The van der Waals surface area contributed by atoms with Crippen molar-refractivity contribution in [3.05, 3.63) is 24.3 Å². The molecule has 1 aromatic carbocycles. The van der Waals surface area contributed by atoms with Gasteiger partial charge >= 0.3 is 0 Å². The molecule has 3 aromatic rings. The van der Waals surface area contributed by atoms with E-state index in [1.165, 1.54) is 11.8 Å². The lowest BCUT2D eigenvalue weighted by Crippen LogP contribution is -2.22. The summed E-state index contributed by atoms with van der Waals surface area (Å²) in [6, 6.07) is 8.02. The molecule has 2 N–H and O–H groups in total. The zero-order chi connectivity index (χ0) is 12.7. The van der Waals surface area contributed by atoms with Crippen LogP contribution in [-0.2, 0) is 4.79 Å². The Balaban J connectivity index is 2.15. The number of nitrogens with two attached hydrogens (primary N) is 1. The zero-order valence-corrected chi connectivity index (χ0v) is 11.2. The van der Waals surface area contributed by atoms with Gasteiger partial charge in [-0.1, -0.05) is 35.2 Å². The molecule has 0 fully saturated rings. The molecule has 0 aliphatic heterocycles. The summed E-state index contributed by atoms with van der Waals surface area (Å²) in [6.07, 6.45) is 0. The number of nitrogens with zero attached hydrogens (tertiary/aromatic N) is 3. The molecule has 0 radical (unpaired) electrons. The number of aromatic nitrogens is 3. The van der Waals surface area contributed by atoms with Crippen molar-refractivity contribution in [1.29, 1.82) is 0 Å². The molecule has 1 amide bonds. The third-order valence-corrected chi connectivity index (χ3v) is 4.67. The average molecular weight is 278 g/mol. The molecule has 1 unspecified atom stereocenters. The monoisotopic (exact) mass is 278 g/mol. The Kier molecular flexibility index (Phi) is 2.71. The zero-order valence-electron chi connectivity index (χ0n) is 9.53. The number of benzene rings is 1. The highest BCUT2D eigenvalue weighted by Crippen LogP contribution is 2.30. The summed E-state index contributed by atoms with van der Waals surface area (Å²) in [6.45, 7) is 1.77. The second kappa shape index (κ2) is 4.25. The summed E-state index contributed by atoms with van der Waals surface area (Å²) in [5.41, 5.74) is 6.33. The molecule has 3 rings (SSSR count). The van der Waals surface area contributed by atoms with E-state index in [0.29, 0.717) is 5.16 Å². The van der Waals surface area contributed by atoms with Crippen molar-refractivity contribution in [2.24, 2.45) is 5.73 Å². The van der Waals surface area contributed by atoms with E-state index in [9.17, 15) is 4.79 Å². The summed E-state index contributed by atoms with van der Waals surface area (Å²) in [7, 11) is 0. The van der Waals surface area contributed by atoms with Crippen molar-refractivity contribution in [1.82, 2.24) is 14.6 Å². The van der Waals surface area contributed by atoms with Gasteiger partial charge in [0.1, 0.15) is 0 Å². The summed E-state index contributed by atoms with van der Waals surface area (Å²) in [4.78, 5) is 11.9. The topological polar surface area (TPSA) is 73.3 Å². The predicted octanol–water partition coefficient (Wildman–Crippen LogP) is 1.91. The molecule has 0 aliphatic rings. The number of carbonyl (C=O) groups is 1. The van der Waals surface area contributed by atoms with Crippen LogP contribution in [0.5, 0.6) is 0 Å². The maximum Gasteiger partial charge on any atom is 0.230 e. The lowest BCUT2D eigenvalue weighted by molar-refractivity contribution is -0.117. The number of hydrogen-bond acceptors (Lipinski definition) is 5. The number of fused-ring (bicyclic) bond motifs is 3. The Labute approximate surface area is 111 Å². The van der Waals surface area contributed by atoms with Crippen LogP contribution in [0, 0.1) is 0 Å². The van der Waals surface area contributed by atoms with Gasteiger partial charge in [0.15, 0.2) is 5.16 Å². The van der Waals surface area contributed by atoms with Gasteiger partial charge in [-0.3, -0.25) is 9.20 Å². The van der Waals surface area contributed by atoms with Crippen molar-refractivity contribution in [2.45, 2.75) is 17.3 Å². The Morgan fingerprint density at radius 3 is 3.00 bits per heavy atom. The Bertz CT molecular complexity index is 733. The van der Waals surface area contributed by atoms with Gasteiger partial charge in [-0.05, 0) is 19.1 Å². The van der Waals surface area contributed by atoms with Gasteiger partial charge in [-0.25, -0.2) is 0 Å². The van der Waals surface area contributed by atoms with E-state index in [4.69, 9.17) is 5.73 Å². The fraction of sp³-hybridized carbons (Fsp3) is 0.182. The normalized spacial score (nSPS) is 13.2. The van der Waals surface area contributed by atoms with E-state index in [1.54, 1.807) is 18.3 Å². The Hall–Kier alpha value is -1.60. The largest absolute Gasteiger partial charge is 0.369 e. The van der Waals surface area contributed by atoms with E-state index < -0.39 is 0 Å². The van der Waals surface area contributed by atoms with Gasteiger partial charge in [-0.15, -0.1) is 10.2 Å². The minimum absolute atomic E-state index is 0.323. The molecule has 1 atom stereocenters. The van der Waals surface area contributed by atoms with Crippen LogP contribution in [0.15, 0.2) is 29.4 Å².